The Labute approximate surface area is 193 Å². The number of fused-ring (bicyclic) bond motifs is 1. The molecule has 3 aromatic rings. The highest BCUT2D eigenvalue weighted by atomic mass is 16.5. The molecule has 0 saturated heterocycles. The molecule has 2 amide bonds. The molecular formula is C27H26N2O4. The van der Waals surface area contributed by atoms with Crippen molar-refractivity contribution in [2.75, 3.05) is 12.0 Å². The molecule has 0 radical (unpaired) electrons. The first kappa shape index (κ1) is 22.3. The lowest BCUT2D eigenvalue weighted by atomic mass is 9.82. The minimum absolute atomic E-state index is 0.267. The fourth-order valence-corrected chi connectivity index (χ4v) is 4.33. The van der Waals surface area contributed by atoms with Crippen LogP contribution in [0, 0.1) is 6.92 Å². The van der Waals surface area contributed by atoms with Crippen LogP contribution in [0.2, 0.25) is 0 Å². The molecule has 6 nitrogen and oxygen atoms in total. The van der Waals surface area contributed by atoms with Crippen molar-refractivity contribution in [2.24, 2.45) is 0 Å². The van der Waals surface area contributed by atoms with Crippen molar-refractivity contribution in [1.29, 1.82) is 0 Å². The SMILES string of the molecule is COC(=O)c1cccc(N2C(=O)c3ccccc3C[C@]2(C)C(=O)NCc2ccccc2C)c1. The molecule has 0 unspecified atom stereocenters. The average molecular weight is 443 g/mol. The number of hydrogen-bond acceptors (Lipinski definition) is 4. The van der Waals surface area contributed by atoms with E-state index in [1.807, 2.05) is 43.3 Å². The van der Waals surface area contributed by atoms with Crippen LogP contribution in [0.15, 0.2) is 72.8 Å². The standard InChI is InChI=1S/C27H26N2O4/c1-18-9-4-5-11-21(18)17-28-26(32)27(2)16-20-10-6-7-14-23(20)24(30)29(27)22-13-8-12-19(15-22)25(31)33-3/h4-15H,16-17H2,1-3H3,(H,28,32)/t27-/m1/s1. The van der Waals surface area contributed by atoms with Gasteiger partial charge in [-0.15, -0.1) is 0 Å². The maximum atomic E-state index is 13.6. The third-order valence-corrected chi connectivity index (χ3v) is 6.19. The third-order valence-electron chi connectivity index (χ3n) is 6.19. The van der Waals surface area contributed by atoms with E-state index in [9.17, 15) is 14.4 Å². The maximum Gasteiger partial charge on any atom is 0.337 e. The molecule has 1 heterocycles. The Bertz CT molecular complexity index is 1240. The molecule has 0 bridgehead atoms. The highest BCUT2D eigenvalue weighted by Crippen LogP contribution is 2.36. The van der Waals surface area contributed by atoms with E-state index in [1.165, 1.54) is 12.0 Å². The number of rotatable bonds is 5. The van der Waals surface area contributed by atoms with Crippen LogP contribution in [0.5, 0.6) is 0 Å². The smallest absolute Gasteiger partial charge is 0.337 e. The van der Waals surface area contributed by atoms with Gasteiger partial charge in [-0.3, -0.25) is 14.5 Å². The highest BCUT2D eigenvalue weighted by Gasteiger charge is 2.47. The molecule has 0 saturated carbocycles. The zero-order valence-corrected chi connectivity index (χ0v) is 18.9. The zero-order valence-electron chi connectivity index (χ0n) is 18.9. The summed E-state index contributed by atoms with van der Waals surface area (Å²) in [4.78, 5) is 40.9. The summed E-state index contributed by atoms with van der Waals surface area (Å²) in [5.74, 6) is -1.06. The van der Waals surface area contributed by atoms with Gasteiger partial charge in [0.15, 0.2) is 0 Å². The average Bonchev–Trinajstić information content (AvgIpc) is 2.83. The normalized spacial score (nSPS) is 17.3. The zero-order chi connectivity index (χ0) is 23.6. The van der Waals surface area contributed by atoms with Crippen molar-refractivity contribution in [3.63, 3.8) is 0 Å². The second-order valence-electron chi connectivity index (χ2n) is 8.40. The van der Waals surface area contributed by atoms with Gasteiger partial charge in [-0.2, -0.15) is 0 Å². The lowest BCUT2D eigenvalue weighted by Crippen LogP contribution is -2.63. The number of amides is 2. The Balaban J connectivity index is 1.75. The first-order valence-corrected chi connectivity index (χ1v) is 10.8. The third kappa shape index (κ3) is 4.12. The number of nitrogens with one attached hydrogen (secondary N) is 1. The molecule has 33 heavy (non-hydrogen) atoms. The molecule has 1 aliphatic rings. The van der Waals surface area contributed by atoms with Crippen LogP contribution in [0.3, 0.4) is 0 Å². The minimum Gasteiger partial charge on any atom is -0.465 e. The van der Waals surface area contributed by atoms with Gasteiger partial charge in [-0.1, -0.05) is 48.5 Å². The number of benzene rings is 3. The predicted octanol–water partition coefficient (Wildman–Crippen LogP) is 4.06. The summed E-state index contributed by atoms with van der Waals surface area (Å²) in [5.41, 5.74) is 3.03. The van der Waals surface area contributed by atoms with Gasteiger partial charge in [0, 0.05) is 24.2 Å². The van der Waals surface area contributed by atoms with E-state index in [1.54, 1.807) is 43.3 Å². The first-order valence-electron chi connectivity index (χ1n) is 10.8. The number of ether oxygens (including phenoxy) is 1. The summed E-state index contributed by atoms with van der Waals surface area (Å²) < 4.78 is 4.84. The maximum absolute atomic E-state index is 13.6. The van der Waals surface area contributed by atoms with Gasteiger partial charge >= 0.3 is 5.97 Å². The lowest BCUT2D eigenvalue weighted by Gasteiger charge is -2.44. The summed E-state index contributed by atoms with van der Waals surface area (Å²) in [6.07, 6.45) is 0.344. The van der Waals surface area contributed by atoms with Crippen molar-refractivity contribution in [1.82, 2.24) is 5.32 Å². The minimum atomic E-state index is -1.19. The monoisotopic (exact) mass is 442 g/mol. The summed E-state index contributed by atoms with van der Waals surface area (Å²) in [7, 11) is 1.31. The Morgan fingerprint density at radius 2 is 1.76 bits per heavy atom. The lowest BCUT2D eigenvalue weighted by molar-refractivity contribution is -0.126. The number of anilines is 1. The van der Waals surface area contributed by atoms with Gasteiger partial charge in [0.25, 0.3) is 5.91 Å². The molecule has 1 atom stereocenters. The fourth-order valence-electron chi connectivity index (χ4n) is 4.33. The van der Waals surface area contributed by atoms with Crippen LogP contribution in [0.1, 0.15) is 44.3 Å². The van der Waals surface area contributed by atoms with E-state index < -0.39 is 11.5 Å². The van der Waals surface area contributed by atoms with Gasteiger partial charge < -0.3 is 10.1 Å². The number of carbonyl (C=O) groups is 3. The summed E-state index contributed by atoms with van der Waals surface area (Å²) >= 11 is 0. The van der Waals surface area contributed by atoms with Crippen molar-refractivity contribution in [3.8, 4) is 0 Å². The topological polar surface area (TPSA) is 75.7 Å². The van der Waals surface area contributed by atoms with Gasteiger partial charge in [-0.25, -0.2) is 4.79 Å². The summed E-state index contributed by atoms with van der Waals surface area (Å²) in [6, 6.07) is 21.8. The number of hydrogen-bond donors (Lipinski definition) is 1. The van der Waals surface area contributed by atoms with E-state index >= 15 is 0 Å². The molecule has 1 N–H and O–H groups in total. The van der Waals surface area contributed by atoms with Crippen LogP contribution < -0.4 is 10.2 Å². The Morgan fingerprint density at radius 3 is 2.52 bits per heavy atom. The molecule has 0 fully saturated rings. The van der Waals surface area contributed by atoms with E-state index in [2.05, 4.69) is 5.32 Å². The molecule has 0 aromatic heterocycles. The largest absolute Gasteiger partial charge is 0.465 e. The Morgan fingerprint density at radius 1 is 1.03 bits per heavy atom. The summed E-state index contributed by atoms with van der Waals surface area (Å²) in [5, 5.41) is 3.03. The molecular weight excluding hydrogens is 416 g/mol. The fraction of sp³-hybridized carbons (Fsp3) is 0.222. The Kier molecular flexibility index (Phi) is 6.01. The van der Waals surface area contributed by atoms with Crippen LogP contribution in [-0.4, -0.2) is 30.4 Å². The molecule has 1 aliphatic heterocycles. The number of aryl methyl sites for hydroxylation is 1. The number of methoxy groups -OCH3 is 1. The molecule has 3 aromatic carbocycles. The van der Waals surface area contributed by atoms with Crippen molar-refractivity contribution < 1.29 is 19.1 Å². The molecule has 0 aliphatic carbocycles. The van der Waals surface area contributed by atoms with Gasteiger partial charge in [0.2, 0.25) is 5.91 Å². The van der Waals surface area contributed by atoms with Gasteiger partial charge in [-0.05, 0) is 54.8 Å². The van der Waals surface area contributed by atoms with Crippen LogP contribution in [0.4, 0.5) is 5.69 Å². The second kappa shape index (κ2) is 8.90. The quantitative estimate of drug-likeness (QED) is 0.605. The Hall–Kier alpha value is -3.93. The predicted molar refractivity (Wildman–Crippen MR) is 126 cm³/mol. The van der Waals surface area contributed by atoms with Crippen LogP contribution >= 0.6 is 0 Å². The van der Waals surface area contributed by atoms with Crippen molar-refractivity contribution in [3.05, 3.63) is 101 Å². The summed E-state index contributed by atoms with van der Waals surface area (Å²) in [6.45, 7) is 4.11. The second-order valence-corrected chi connectivity index (χ2v) is 8.40. The van der Waals surface area contributed by atoms with Crippen LogP contribution in [0.25, 0.3) is 0 Å². The number of esters is 1. The van der Waals surface area contributed by atoms with E-state index in [0.717, 1.165) is 16.7 Å². The van der Waals surface area contributed by atoms with E-state index in [0.29, 0.717) is 29.8 Å². The number of nitrogens with zero attached hydrogens (tertiary/aromatic N) is 1. The van der Waals surface area contributed by atoms with Crippen LogP contribution in [-0.2, 0) is 22.5 Å². The first-order chi connectivity index (χ1) is 15.8. The number of carbonyl (C=O) groups excluding carboxylic acids is 3. The molecule has 4 rings (SSSR count). The van der Waals surface area contributed by atoms with Crippen molar-refractivity contribution in [2.45, 2.75) is 32.4 Å². The molecule has 168 valence electrons. The van der Waals surface area contributed by atoms with Gasteiger partial charge in [0.05, 0.1) is 12.7 Å². The highest BCUT2D eigenvalue weighted by molar-refractivity contribution is 6.14. The van der Waals surface area contributed by atoms with Crippen molar-refractivity contribution >= 4 is 23.5 Å². The molecule has 0 spiro atoms. The van der Waals surface area contributed by atoms with Gasteiger partial charge in [0.1, 0.15) is 5.54 Å². The van der Waals surface area contributed by atoms with E-state index in [-0.39, 0.29) is 11.8 Å². The molecule has 6 heteroatoms. The van der Waals surface area contributed by atoms with E-state index in [4.69, 9.17) is 4.74 Å².